The highest BCUT2D eigenvalue weighted by molar-refractivity contribution is 5.91. The molecule has 2 N–H and O–H groups in total. The van der Waals surface area contributed by atoms with Gasteiger partial charge in [0.15, 0.2) is 0 Å². The molecule has 0 saturated carbocycles. The second kappa shape index (κ2) is 7.42. The molecule has 1 aromatic carbocycles. The number of pyridine rings is 1. The van der Waals surface area contributed by atoms with Gasteiger partial charge >= 0.3 is 0 Å². The maximum Gasteiger partial charge on any atom is 0.121 e. The molecule has 0 aliphatic carbocycles. The van der Waals surface area contributed by atoms with E-state index in [0.717, 1.165) is 68.0 Å². The second-order valence-electron chi connectivity index (χ2n) is 5.62. The smallest absolute Gasteiger partial charge is 0.121 e. The number of ether oxygens (including phenoxy) is 1. The molecular formula is C17H24N4O. The summed E-state index contributed by atoms with van der Waals surface area (Å²) in [7, 11) is 1.70. The first kappa shape index (κ1) is 15.1. The maximum atomic E-state index is 5.38. The fourth-order valence-electron chi connectivity index (χ4n) is 2.88. The van der Waals surface area contributed by atoms with Gasteiger partial charge in [-0.15, -0.1) is 0 Å². The van der Waals surface area contributed by atoms with Crippen molar-refractivity contribution in [2.45, 2.75) is 6.42 Å². The number of nitrogens with zero attached hydrogens (tertiary/aromatic N) is 2. The predicted molar refractivity (Wildman–Crippen MR) is 90.7 cm³/mol. The molecule has 118 valence electrons. The Bertz CT molecular complexity index is 611. The van der Waals surface area contributed by atoms with Crippen LogP contribution in [0.3, 0.4) is 0 Å². The van der Waals surface area contributed by atoms with Gasteiger partial charge in [-0.25, -0.2) is 0 Å². The van der Waals surface area contributed by atoms with Crippen LogP contribution < -0.4 is 15.4 Å². The summed E-state index contributed by atoms with van der Waals surface area (Å²) < 4.78 is 5.38. The number of rotatable bonds is 6. The Kier molecular flexibility index (Phi) is 5.08. The van der Waals surface area contributed by atoms with Crippen molar-refractivity contribution in [3.63, 3.8) is 0 Å². The zero-order valence-corrected chi connectivity index (χ0v) is 13.1. The van der Waals surface area contributed by atoms with Crippen LogP contribution in [0.5, 0.6) is 5.75 Å². The van der Waals surface area contributed by atoms with E-state index in [0.29, 0.717) is 0 Å². The molecule has 0 atom stereocenters. The predicted octanol–water partition coefficient (Wildman–Crippen LogP) is 1.95. The summed E-state index contributed by atoms with van der Waals surface area (Å²) in [6, 6.07) is 8.07. The molecule has 0 radical (unpaired) electrons. The van der Waals surface area contributed by atoms with E-state index in [1.54, 1.807) is 7.11 Å². The standard InChI is InChI=1S/C17H24N4O/c1-22-15-12-14-4-2-5-20-17(14)16(13-15)19-6-3-9-21-10-7-18-8-11-21/h2,4-5,12-13,18-19H,3,6-11H2,1H3. The maximum absolute atomic E-state index is 5.38. The summed E-state index contributed by atoms with van der Waals surface area (Å²) in [5, 5.41) is 8.00. The normalized spacial score (nSPS) is 15.9. The van der Waals surface area contributed by atoms with Gasteiger partial charge in [-0.1, -0.05) is 6.07 Å². The average Bonchev–Trinajstić information content (AvgIpc) is 2.59. The van der Waals surface area contributed by atoms with Crippen molar-refractivity contribution >= 4 is 16.6 Å². The first-order valence-corrected chi connectivity index (χ1v) is 7.96. The van der Waals surface area contributed by atoms with Crippen molar-refractivity contribution < 1.29 is 4.74 Å². The fourth-order valence-corrected chi connectivity index (χ4v) is 2.88. The third-order valence-electron chi connectivity index (χ3n) is 4.09. The zero-order chi connectivity index (χ0) is 15.2. The highest BCUT2D eigenvalue weighted by Crippen LogP contribution is 2.27. The van der Waals surface area contributed by atoms with Gasteiger partial charge in [-0.2, -0.15) is 0 Å². The summed E-state index contributed by atoms with van der Waals surface area (Å²) in [5.41, 5.74) is 2.06. The molecule has 5 nitrogen and oxygen atoms in total. The van der Waals surface area contributed by atoms with Crippen molar-refractivity contribution in [2.24, 2.45) is 0 Å². The molecule has 0 bridgehead atoms. The van der Waals surface area contributed by atoms with Crippen LogP contribution in [0.2, 0.25) is 0 Å². The minimum Gasteiger partial charge on any atom is -0.497 e. The van der Waals surface area contributed by atoms with E-state index >= 15 is 0 Å². The number of piperazine rings is 1. The minimum atomic E-state index is 0.866. The molecular weight excluding hydrogens is 276 g/mol. The zero-order valence-electron chi connectivity index (χ0n) is 13.1. The van der Waals surface area contributed by atoms with Crippen LogP contribution in [0.4, 0.5) is 5.69 Å². The molecule has 1 aliphatic rings. The Morgan fingerprint density at radius 2 is 2.18 bits per heavy atom. The number of hydrogen-bond acceptors (Lipinski definition) is 5. The second-order valence-corrected chi connectivity index (χ2v) is 5.62. The van der Waals surface area contributed by atoms with Gasteiger partial charge in [-0.3, -0.25) is 4.98 Å². The van der Waals surface area contributed by atoms with Crippen LogP contribution in [0.15, 0.2) is 30.5 Å². The molecule has 3 rings (SSSR count). The van der Waals surface area contributed by atoms with Crippen LogP contribution in [0, 0.1) is 0 Å². The molecule has 2 aromatic rings. The highest BCUT2D eigenvalue weighted by atomic mass is 16.5. The van der Waals surface area contributed by atoms with Crippen LogP contribution >= 0.6 is 0 Å². The molecule has 0 unspecified atom stereocenters. The Morgan fingerprint density at radius 3 is 3.00 bits per heavy atom. The van der Waals surface area contributed by atoms with Gasteiger partial charge in [0.2, 0.25) is 0 Å². The third-order valence-corrected chi connectivity index (χ3v) is 4.09. The van der Waals surface area contributed by atoms with E-state index in [-0.39, 0.29) is 0 Å². The van der Waals surface area contributed by atoms with E-state index in [9.17, 15) is 0 Å². The summed E-state index contributed by atoms with van der Waals surface area (Å²) in [4.78, 5) is 7.00. The van der Waals surface area contributed by atoms with E-state index in [1.807, 2.05) is 24.4 Å². The Labute approximate surface area is 131 Å². The Hall–Kier alpha value is -1.85. The van der Waals surface area contributed by atoms with Crippen LogP contribution in [-0.4, -0.2) is 56.3 Å². The first-order valence-electron chi connectivity index (χ1n) is 7.96. The summed E-state index contributed by atoms with van der Waals surface area (Å²) in [6.45, 7) is 6.62. The van der Waals surface area contributed by atoms with E-state index in [2.05, 4.69) is 26.6 Å². The van der Waals surface area contributed by atoms with E-state index in [1.165, 1.54) is 0 Å². The van der Waals surface area contributed by atoms with Gasteiger partial charge in [0.05, 0.1) is 18.3 Å². The van der Waals surface area contributed by atoms with Crippen molar-refractivity contribution in [1.29, 1.82) is 0 Å². The van der Waals surface area contributed by atoms with Gasteiger partial charge in [0.1, 0.15) is 5.75 Å². The number of fused-ring (bicyclic) bond motifs is 1. The Morgan fingerprint density at radius 1 is 1.32 bits per heavy atom. The van der Waals surface area contributed by atoms with Gasteiger partial charge < -0.3 is 20.3 Å². The molecule has 2 heterocycles. The highest BCUT2D eigenvalue weighted by Gasteiger charge is 2.09. The first-order chi connectivity index (χ1) is 10.9. The molecule has 1 aliphatic heterocycles. The van der Waals surface area contributed by atoms with Crippen molar-refractivity contribution in [3.8, 4) is 5.75 Å². The van der Waals surface area contributed by atoms with Gasteiger partial charge in [-0.05, 0) is 25.1 Å². The Balaban J connectivity index is 1.60. The fraction of sp³-hybridized carbons (Fsp3) is 0.471. The molecule has 1 aromatic heterocycles. The summed E-state index contributed by atoms with van der Waals surface area (Å²) in [5.74, 6) is 0.866. The number of anilines is 1. The monoisotopic (exact) mass is 300 g/mol. The lowest BCUT2D eigenvalue weighted by Crippen LogP contribution is -2.44. The van der Waals surface area contributed by atoms with Gasteiger partial charge in [0, 0.05) is 50.4 Å². The molecule has 0 amide bonds. The topological polar surface area (TPSA) is 49.4 Å². The lowest BCUT2D eigenvalue weighted by atomic mass is 10.1. The van der Waals surface area contributed by atoms with E-state index < -0.39 is 0 Å². The largest absolute Gasteiger partial charge is 0.497 e. The minimum absolute atomic E-state index is 0.866. The molecule has 1 fully saturated rings. The van der Waals surface area contributed by atoms with Crippen LogP contribution in [-0.2, 0) is 0 Å². The van der Waals surface area contributed by atoms with Crippen LogP contribution in [0.25, 0.3) is 10.9 Å². The average molecular weight is 300 g/mol. The summed E-state index contributed by atoms with van der Waals surface area (Å²) in [6.07, 6.45) is 2.96. The lowest BCUT2D eigenvalue weighted by molar-refractivity contribution is 0.240. The SMILES string of the molecule is COc1cc(NCCCN2CCNCC2)c2ncccc2c1. The number of aromatic nitrogens is 1. The molecule has 1 saturated heterocycles. The van der Waals surface area contributed by atoms with Crippen molar-refractivity contribution in [2.75, 3.05) is 51.7 Å². The molecule has 0 spiro atoms. The number of methoxy groups -OCH3 is 1. The third kappa shape index (κ3) is 3.67. The number of hydrogen-bond donors (Lipinski definition) is 2. The molecule has 5 heteroatoms. The number of benzene rings is 1. The molecule has 22 heavy (non-hydrogen) atoms. The van der Waals surface area contributed by atoms with Crippen LogP contribution in [0.1, 0.15) is 6.42 Å². The quantitative estimate of drug-likeness (QED) is 0.799. The van der Waals surface area contributed by atoms with Crippen molar-refractivity contribution in [3.05, 3.63) is 30.5 Å². The van der Waals surface area contributed by atoms with Gasteiger partial charge in [0.25, 0.3) is 0 Å². The number of nitrogens with one attached hydrogen (secondary N) is 2. The van der Waals surface area contributed by atoms with Crippen molar-refractivity contribution in [1.82, 2.24) is 15.2 Å². The van der Waals surface area contributed by atoms with E-state index in [4.69, 9.17) is 4.74 Å². The lowest BCUT2D eigenvalue weighted by Gasteiger charge is -2.27. The summed E-state index contributed by atoms with van der Waals surface area (Å²) >= 11 is 0.